The molecular weight excluding hydrogens is 552 g/mol. The van der Waals surface area contributed by atoms with E-state index in [1.165, 1.54) is 11.8 Å². The topological polar surface area (TPSA) is 78.5 Å². The minimum Gasteiger partial charge on any atom is -0.372 e. The van der Waals surface area contributed by atoms with Crippen molar-refractivity contribution in [1.82, 2.24) is 19.2 Å². The third kappa shape index (κ3) is 5.04. The molecule has 5 aromatic rings. The molecule has 1 aliphatic rings. The quantitative estimate of drug-likeness (QED) is 0.164. The number of ketones is 1. The van der Waals surface area contributed by atoms with Crippen molar-refractivity contribution < 1.29 is 9.53 Å². The third-order valence-corrected chi connectivity index (χ3v) is 9.51. The van der Waals surface area contributed by atoms with Crippen LogP contribution in [0.1, 0.15) is 40.2 Å². The number of nitrogens with zero attached hydrogens (tertiary/aromatic N) is 4. The number of carbonyl (C=O) groups is 1. The monoisotopic (exact) mass is 578 g/mol. The van der Waals surface area contributed by atoms with Gasteiger partial charge in [-0.25, -0.2) is 4.40 Å². The van der Waals surface area contributed by atoms with Crippen LogP contribution in [0.5, 0.6) is 0 Å². The summed E-state index contributed by atoms with van der Waals surface area (Å²) in [6, 6.07) is 17.0. The molecule has 0 saturated heterocycles. The van der Waals surface area contributed by atoms with Gasteiger partial charge in [-0.1, -0.05) is 67.5 Å². The van der Waals surface area contributed by atoms with Gasteiger partial charge in [-0.3, -0.25) is 14.2 Å². The first kappa shape index (κ1) is 26.3. The first-order chi connectivity index (χ1) is 18.9. The fraction of sp³-hybridized carbons (Fsp3) is 0.310. The van der Waals surface area contributed by atoms with Crippen molar-refractivity contribution in [2.75, 3.05) is 5.75 Å². The Hall–Kier alpha value is -2.98. The summed E-state index contributed by atoms with van der Waals surface area (Å²) in [6.45, 7) is 5.26. The summed E-state index contributed by atoms with van der Waals surface area (Å²) in [7, 11) is 0. The molecule has 200 valence electrons. The summed E-state index contributed by atoms with van der Waals surface area (Å²) in [5.74, 6) is 0.999. The van der Waals surface area contributed by atoms with Gasteiger partial charge in [0.15, 0.2) is 10.9 Å². The Bertz CT molecular complexity index is 1730. The van der Waals surface area contributed by atoms with Gasteiger partial charge in [0.1, 0.15) is 4.83 Å². The van der Waals surface area contributed by atoms with Crippen LogP contribution in [0.25, 0.3) is 16.0 Å². The third-order valence-electron chi connectivity index (χ3n) is 7.13. The Morgan fingerprint density at radius 3 is 2.67 bits per heavy atom. The molecule has 2 aromatic carbocycles. The zero-order chi connectivity index (χ0) is 27.1. The molecule has 7 nitrogen and oxygen atoms in total. The molecule has 0 fully saturated rings. The number of thiophene rings is 1. The molecule has 4 heterocycles. The molecule has 0 bridgehead atoms. The van der Waals surface area contributed by atoms with E-state index in [2.05, 4.69) is 36.2 Å². The SMILES string of the molecule is CC(C)C1Cc2c(sc3c2c(=O)n(CCc2ccccc2)c2nnc(SCC(=O)c4ccc(Cl)cc4)n32)CO1. The number of aryl methyl sites for hydroxylation is 2. The van der Waals surface area contributed by atoms with Crippen molar-refractivity contribution in [1.29, 1.82) is 0 Å². The first-order valence-electron chi connectivity index (χ1n) is 12.9. The largest absolute Gasteiger partial charge is 0.372 e. The number of hydrogen-bond acceptors (Lipinski definition) is 7. The highest BCUT2D eigenvalue weighted by atomic mass is 35.5. The minimum atomic E-state index is -0.0449. The molecule has 39 heavy (non-hydrogen) atoms. The summed E-state index contributed by atoms with van der Waals surface area (Å²) < 4.78 is 9.82. The number of ether oxygens (including phenoxy) is 1. The number of aromatic nitrogens is 4. The lowest BCUT2D eigenvalue weighted by Gasteiger charge is -2.26. The van der Waals surface area contributed by atoms with Crippen molar-refractivity contribution in [2.45, 2.75) is 51.1 Å². The Balaban J connectivity index is 1.44. The second-order valence-electron chi connectivity index (χ2n) is 10.0. The highest BCUT2D eigenvalue weighted by Crippen LogP contribution is 2.37. The first-order valence-corrected chi connectivity index (χ1v) is 15.1. The van der Waals surface area contributed by atoms with Crippen LogP contribution in [0.15, 0.2) is 64.5 Å². The molecule has 0 spiro atoms. The predicted molar refractivity (Wildman–Crippen MR) is 156 cm³/mol. The van der Waals surface area contributed by atoms with Gasteiger partial charge in [0.25, 0.3) is 5.56 Å². The standard InChI is InChI=1S/C29H27ClN4O3S2/c1-17(2)23-14-21-24(15-37-23)39-27-25(21)26(36)33(13-12-18-6-4-3-5-7-18)28-31-32-29(34(27)28)38-16-22(35)19-8-10-20(30)11-9-19/h3-11,17,23H,12-16H2,1-2H3. The molecular formula is C29H27ClN4O3S2. The van der Waals surface area contributed by atoms with E-state index in [1.807, 2.05) is 22.6 Å². The molecule has 0 amide bonds. The second-order valence-corrected chi connectivity index (χ2v) is 12.5. The minimum absolute atomic E-state index is 0.0271. The average Bonchev–Trinajstić information content (AvgIpc) is 3.54. The summed E-state index contributed by atoms with van der Waals surface area (Å²) in [4.78, 5) is 28.8. The molecule has 6 rings (SSSR count). The van der Waals surface area contributed by atoms with E-state index < -0.39 is 0 Å². The number of Topliss-reactive ketones (excluding diaryl/α,β-unsaturated/α-hetero) is 1. The molecule has 1 unspecified atom stereocenters. The van der Waals surface area contributed by atoms with Crippen molar-refractivity contribution in [2.24, 2.45) is 5.92 Å². The lowest BCUT2D eigenvalue weighted by Crippen LogP contribution is -2.29. The average molecular weight is 579 g/mol. The van der Waals surface area contributed by atoms with E-state index in [0.717, 1.165) is 26.2 Å². The lowest BCUT2D eigenvalue weighted by atomic mass is 9.96. The Labute approximate surface area is 238 Å². The molecule has 3 aromatic heterocycles. The van der Waals surface area contributed by atoms with Gasteiger partial charge in [-0.05, 0) is 47.7 Å². The zero-order valence-electron chi connectivity index (χ0n) is 21.6. The van der Waals surface area contributed by atoms with Gasteiger partial charge in [-0.2, -0.15) is 0 Å². The number of rotatable bonds is 8. The van der Waals surface area contributed by atoms with E-state index >= 15 is 0 Å². The molecule has 1 aliphatic heterocycles. The zero-order valence-corrected chi connectivity index (χ0v) is 24.0. The maximum atomic E-state index is 14.0. The summed E-state index contributed by atoms with van der Waals surface area (Å²) in [5.41, 5.74) is 2.76. The van der Waals surface area contributed by atoms with Gasteiger partial charge in [0, 0.05) is 28.4 Å². The Morgan fingerprint density at radius 2 is 1.92 bits per heavy atom. The second kappa shape index (κ2) is 10.9. The van der Waals surface area contributed by atoms with Crippen LogP contribution < -0.4 is 5.56 Å². The van der Waals surface area contributed by atoms with Crippen molar-refractivity contribution in [3.63, 3.8) is 0 Å². The summed E-state index contributed by atoms with van der Waals surface area (Å²) in [5, 5.41) is 10.8. The van der Waals surface area contributed by atoms with Crippen LogP contribution in [0.4, 0.5) is 0 Å². The Morgan fingerprint density at radius 1 is 1.15 bits per heavy atom. The van der Waals surface area contributed by atoms with Gasteiger partial charge in [0.2, 0.25) is 5.78 Å². The highest BCUT2D eigenvalue weighted by Gasteiger charge is 2.30. The number of halogens is 1. The van der Waals surface area contributed by atoms with Crippen LogP contribution in [0.2, 0.25) is 5.02 Å². The lowest BCUT2D eigenvalue weighted by molar-refractivity contribution is 0.00200. The summed E-state index contributed by atoms with van der Waals surface area (Å²) in [6.07, 6.45) is 1.46. The number of benzene rings is 2. The predicted octanol–water partition coefficient (Wildman–Crippen LogP) is 6.07. The van der Waals surface area contributed by atoms with Crippen LogP contribution in [0.3, 0.4) is 0 Å². The molecule has 1 atom stereocenters. The number of hydrogen-bond donors (Lipinski definition) is 0. The molecule has 0 radical (unpaired) electrons. The fourth-order valence-corrected chi connectivity index (χ4v) is 7.20. The normalized spacial score (nSPS) is 15.3. The van der Waals surface area contributed by atoms with Gasteiger partial charge in [-0.15, -0.1) is 21.5 Å². The molecule has 10 heteroatoms. The number of thioether (sulfide) groups is 1. The fourth-order valence-electron chi connectivity index (χ4n) is 4.95. The smallest absolute Gasteiger partial charge is 0.263 e. The van der Waals surface area contributed by atoms with Gasteiger partial charge >= 0.3 is 0 Å². The van der Waals surface area contributed by atoms with Crippen molar-refractivity contribution in [3.8, 4) is 0 Å². The van der Waals surface area contributed by atoms with E-state index in [1.54, 1.807) is 40.2 Å². The molecule has 0 N–H and O–H groups in total. The van der Waals surface area contributed by atoms with Crippen molar-refractivity contribution in [3.05, 3.63) is 91.5 Å². The maximum absolute atomic E-state index is 14.0. The van der Waals surface area contributed by atoms with Crippen LogP contribution >= 0.6 is 34.7 Å². The van der Waals surface area contributed by atoms with Gasteiger partial charge in [0.05, 0.1) is 23.8 Å². The van der Waals surface area contributed by atoms with Crippen molar-refractivity contribution >= 4 is 56.5 Å². The van der Waals surface area contributed by atoms with E-state index in [-0.39, 0.29) is 23.2 Å². The van der Waals surface area contributed by atoms with E-state index in [0.29, 0.717) is 53.4 Å². The van der Waals surface area contributed by atoms with Crippen LogP contribution in [0, 0.1) is 5.92 Å². The summed E-state index contributed by atoms with van der Waals surface area (Å²) >= 11 is 8.87. The van der Waals surface area contributed by atoms with E-state index in [4.69, 9.17) is 16.3 Å². The van der Waals surface area contributed by atoms with Crippen LogP contribution in [-0.2, 0) is 30.7 Å². The van der Waals surface area contributed by atoms with Gasteiger partial charge < -0.3 is 4.74 Å². The maximum Gasteiger partial charge on any atom is 0.263 e. The molecule has 0 saturated carbocycles. The van der Waals surface area contributed by atoms with E-state index in [9.17, 15) is 9.59 Å². The number of carbonyl (C=O) groups excluding carboxylic acids is 1. The number of fused-ring (bicyclic) bond motifs is 5. The molecule has 0 aliphatic carbocycles. The van der Waals surface area contributed by atoms with Crippen LogP contribution in [-0.4, -0.2) is 36.8 Å². The highest BCUT2D eigenvalue weighted by molar-refractivity contribution is 7.99. The Kier molecular flexibility index (Phi) is 7.33.